The number of hydrogen-bond donors (Lipinski definition) is 0. The van der Waals surface area contributed by atoms with Gasteiger partial charge in [0.05, 0.1) is 0 Å². The average Bonchev–Trinajstić information content (AvgIpc) is 3.35. The molecule has 69 heavy (non-hydrogen) atoms. The molecule has 0 fully saturated rings. The summed E-state index contributed by atoms with van der Waals surface area (Å²) in [5, 5.41) is 0. The number of unbranched alkanes of at least 4 members (excludes halogenated alkanes) is 24. The van der Waals surface area contributed by atoms with Crippen molar-refractivity contribution in [3.8, 4) is 0 Å². The van der Waals surface area contributed by atoms with Gasteiger partial charge in [0.25, 0.3) is 0 Å². The predicted octanol–water partition coefficient (Wildman–Crippen LogP) is 19.3. The topological polar surface area (TPSA) is 78.9 Å². The van der Waals surface area contributed by atoms with Gasteiger partial charge in [-0.2, -0.15) is 0 Å². The largest absolute Gasteiger partial charge is 0.462 e. The Labute approximate surface area is 426 Å². The van der Waals surface area contributed by atoms with Gasteiger partial charge in [-0.25, -0.2) is 0 Å². The number of carbonyl (C=O) groups is 3. The van der Waals surface area contributed by atoms with Crippen LogP contribution in [-0.2, 0) is 28.6 Å². The van der Waals surface area contributed by atoms with E-state index in [0.717, 1.165) is 116 Å². The van der Waals surface area contributed by atoms with E-state index in [4.69, 9.17) is 14.2 Å². The van der Waals surface area contributed by atoms with Gasteiger partial charge in [0.2, 0.25) is 0 Å². The molecular formula is C63H106O6. The van der Waals surface area contributed by atoms with Crippen LogP contribution in [0.25, 0.3) is 0 Å². The van der Waals surface area contributed by atoms with Crippen molar-refractivity contribution < 1.29 is 28.6 Å². The normalized spacial score (nSPS) is 12.8. The van der Waals surface area contributed by atoms with Gasteiger partial charge in [-0.1, -0.05) is 246 Å². The fourth-order valence-corrected chi connectivity index (χ4v) is 7.84. The summed E-state index contributed by atoms with van der Waals surface area (Å²) in [7, 11) is 0. The zero-order valence-electron chi connectivity index (χ0n) is 45.0. The van der Waals surface area contributed by atoms with Gasteiger partial charge in [0.1, 0.15) is 13.2 Å². The fraction of sp³-hybridized carbons (Fsp3) is 0.698. The summed E-state index contributed by atoms with van der Waals surface area (Å²) >= 11 is 0. The number of carbonyl (C=O) groups excluding carboxylic acids is 3. The molecule has 6 nitrogen and oxygen atoms in total. The minimum atomic E-state index is -0.781. The van der Waals surface area contributed by atoms with Crippen LogP contribution in [0.15, 0.2) is 97.2 Å². The number of allylic oxidation sites excluding steroid dienone is 16. The second kappa shape index (κ2) is 56.9. The molecule has 0 aromatic rings. The van der Waals surface area contributed by atoms with Crippen LogP contribution in [0.2, 0.25) is 0 Å². The molecule has 0 spiro atoms. The van der Waals surface area contributed by atoms with Crippen molar-refractivity contribution in [2.24, 2.45) is 0 Å². The fourth-order valence-electron chi connectivity index (χ4n) is 7.84. The molecule has 0 radical (unpaired) electrons. The molecule has 0 aliphatic rings. The maximum Gasteiger partial charge on any atom is 0.306 e. The minimum Gasteiger partial charge on any atom is -0.462 e. The Morgan fingerprint density at radius 1 is 0.304 bits per heavy atom. The molecule has 0 aromatic heterocycles. The van der Waals surface area contributed by atoms with Crippen molar-refractivity contribution in [3.05, 3.63) is 97.2 Å². The first-order valence-corrected chi connectivity index (χ1v) is 28.7. The first-order chi connectivity index (χ1) is 34.0. The van der Waals surface area contributed by atoms with Crippen LogP contribution in [0.4, 0.5) is 0 Å². The number of rotatable bonds is 51. The van der Waals surface area contributed by atoms with E-state index in [-0.39, 0.29) is 31.1 Å². The standard InChI is InChI=1S/C63H106O6/c1-4-7-10-13-16-18-20-22-24-26-27-28-29-30-31-32-33-34-35-37-38-40-42-44-47-50-53-56-62(65)68-59-60(58-67-61(64)55-52-49-46-15-12-9-6-3)69-63(66)57-54-51-48-45-43-41-39-36-25-23-21-19-17-14-11-8-5-2/h7-8,10-11,16-19,22-25,27-28,30-31,60H,4-6,9,12-15,20-21,26,29,32-59H2,1-3H3/b10-7-,11-8-,18-16-,19-17-,24-22-,25-23-,28-27-,31-30-. The number of esters is 3. The van der Waals surface area contributed by atoms with Crippen molar-refractivity contribution in [1.29, 1.82) is 0 Å². The highest BCUT2D eigenvalue weighted by atomic mass is 16.6. The van der Waals surface area contributed by atoms with Gasteiger partial charge in [-0.15, -0.1) is 0 Å². The lowest BCUT2D eigenvalue weighted by Crippen LogP contribution is -2.30. The van der Waals surface area contributed by atoms with Crippen LogP contribution in [0.1, 0.15) is 265 Å². The molecule has 0 aliphatic carbocycles. The van der Waals surface area contributed by atoms with E-state index in [2.05, 4.69) is 118 Å². The summed E-state index contributed by atoms with van der Waals surface area (Å²) in [4.78, 5) is 37.9. The second-order valence-electron chi connectivity index (χ2n) is 18.8. The Kier molecular flexibility index (Phi) is 53.9. The number of hydrogen-bond acceptors (Lipinski definition) is 6. The predicted molar refractivity (Wildman–Crippen MR) is 297 cm³/mol. The van der Waals surface area contributed by atoms with E-state index < -0.39 is 6.10 Å². The van der Waals surface area contributed by atoms with E-state index in [9.17, 15) is 14.4 Å². The molecule has 0 heterocycles. The van der Waals surface area contributed by atoms with E-state index in [1.165, 1.54) is 109 Å². The smallest absolute Gasteiger partial charge is 0.306 e. The van der Waals surface area contributed by atoms with Gasteiger partial charge in [-0.3, -0.25) is 14.4 Å². The zero-order valence-corrected chi connectivity index (χ0v) is 45.0. The number of ether oxygens (including phenoxy) is 3. The monoisotopic (exact) mass is 959 g/mol. The molecule has 1 unspecified atom stereocenters. The van der Waals surface area contributed by atoms with Gasteiger partial charge in [0.15, 0.2) is 6.10 Å². The molecule has 0 rings (SSSR count). The molecule has 0 saturated heterocycles. The van der Waals surface area contributed by atoms with Crippen LogP contribution in [-0.4, -0.2) is 37.2 Å². The van der Waals surface area contributed by atoms with Crippen LogP contribution in [0, 0.1) is 0 Å². The third kappa shape index (κ3) is 55.1. The lowest BCUT2D eigenvalue weighted by molar-refractivity contribution is -0.167. The molecule has 0 saturated carbocycles. The summed E-state index contributed by atoms with van der Waals surface area (Å²) in [5.41, 5.74) is 0. The maximum absolute atomic E-state index is 12.8. The molecule has 0 aliphatic heterocycles. The Morgan fingerprint density at radius 2 is 0.565 bits per heavy atom. The molecule has 0 bridgehead atoms. The SMILES string of the molecule is CC/C=C\C/C=C\C/C=C\C/C=C\C/C=C\CCCCCCCCCCCCCC(=O)OCC(COC(=O)CCCCCCCCC)OC(=O)CCCCCCCCC/C=C\C/C=C\C/C=C\CC. The molecule has 1 atom stereocenters. The van der Waals surface area contributed by atoms with Gasteiger partial charge in [0, 0.05) is 19.3 Å². The summed E-state index contributed by atoms with van der Waals surface area (Å²) < 4.78 is 16.8. The van der Waals surface area contributed by atoms with Crippen LogP contribution in [0.3, 0.4) is 0 Å². The lowest BCUT2D eigenvalue weighted by atomic mass is 10.0. The molecule has 0 aromatic carbocycles. The van der Waals surface area contributed by atoms with E-state index >= 15 is 0 Å². The van der Waals surface area contributed by atoms with E-state index in [0.29, 0.717) is 19.3 Å². The molecule has 0 N–H and O–H groups in total. The Balaban J connectivity index is 4.17. The Morgan fingerprint density at radius 3 is 0.884 bits per heavy atom. The molecular weight excluding hydrogens is 853 g/mol. The van der Waals surface area contributed by atoms with Gasteiger partial charge >= 0.3 is 17.9 Å². The van der Waals surface area contributed by atoms with E-state index in [1.807, 2.05) is 0 Å². The highest BCUT2D eigenvalue weighted by Crippen LogP contribution is 2.15. The zero-order chi connectivity index (χ0) is 50.0. The highest BCUT2D eigenvalue weighted by molar-refractivity contribution is 5.71. The third-order valence-corrected chi connectivity index (χ3v) is 12.1. The highest BCUT2D eigenvalue weighted by Gasteiger charge is 2.19. The lowest BCUT2D eigenvalue weighted by Gasteiger charge is -2.18. The average molecular weight is 960 g/mol. The molecule has 0 amide bonds. The second-order valence-corrected chi connectivity index (χ2v) is 18.8. The van der Waals surface area contributed by atoms with Gasteiger partial charge < -0.3 is 14.2 Å². The summed E-state index contributed by atoms with van der Waals surface area (Å²) in [6.45, 7) is 6.37. The van der Waals surface area contributed by atoms with Crippen molar-refractivity contribution in [1.82, 2.24) is 0 Å². The third-order valence-electron chi connectivity index (χ3n) is 12.1. The summed E-state index contributed by atoms with van der Waals surface area (Å²) in [6.07, 6.45) is 75.6. The van der Waals surface area contributed by atoms with Crippen molar-refractivity contribution in [3.63, 3.8) is 0 Å². The molecule has 6 heteroatoms. The molecule has 394 valence electrons. The van der Waals surface area contributed by atoms with Crippen LogP contribution >= 0.6 is 0 Å². The van der Waals surface area contributed by atoms with Crippen molar-refractivity contribution >= 4 is 17.9 Å². The first kappa shape index (κ1) is 65.3. The summed E-state index contributed by atoms with van der Waals surface area (Å²) in [5.74, 6) is -0.898. The van der Waals surface area contributed by atoms with Crippen molar-refractivity contribution in [2.75, 3.05) is 13.2 Å². The minimum absolute atomic E-state index is 0.0814. The van der Waals surface area contributed by atoms with Gasteiger partial charge in [-0.05, 0) is 96.3 Å². The van der Waals surface area contributed by atoms with Crippen LogP contribution < -0.4 is 0 Å². The van der Waals surface area contributed by atoms with Crippen LogP contribution in [0.5, 0.6) is 0 Å². The Bertz CT molecular complexity index is 1380. The first-order valence-electron chi connectivity index (χ1n) is 28.7. The van der Waals surface area contributed by atoms with Crippen molar-refractivity contribution in [2.45, 2.75) is 271 Å². The van der Waals surface area contributed by atoms with E-state index in [1.54, 1.807) is 0 Å². The Hall–Kier alpha value is -3.67. The summed E-state index contributed by atoms with van der Waals surface area (Å²) in [6, 6.07) is 0. The maximum atomic E-state index is 12.8. The quantitative estimate of drug-likeness (QED) is 0.0262.